The van der Waals surface area contributed by atoms with Crippen LogP contribution in [0.4, 0.5) is 5.69 Å². The number of hydrogen-bond acceptors (Lipinski definition) is 5. The smallest absolute Gasteiger partial charge is 0.236 e. The first-order valence-electron chi connectivity index (χ1n) is 8.82. The molecule has 28 heavy (non-hydrogen) atoms. The summed E-state index contributed by atoms with van der Waals surface area (Å²) < 4.78 is 16.1. The summed E-state index contributed by atoms with van der Waals surface area (Å²) in [5.41, 5.74) is 1.34. The van der Waals surface area contributed by atoms with Gasteiger partial charge in [0.05, 0.1) is 31.0 Å². The number of hydrogen-bond donors (Lipinski definition) is 1. The normalized spacial score (nSPS) is 14.4. The number of nitrogens with one attached hydrogen (secondary N) is 1. The molecule has 7 heteroatoms. The Labute approximate surface area is 167 Å². The van der Waals surface area contributed by atoms with Gasteiger partial charge in [-0.1, -0.05) is 16.8 Å². The highest BCUT2D eigenvalue weighted by atomic mass is 35.5. The molecule has 0 unspecified atom stereocenters. The fourth-order valence-corrected chi connectivity index (χ4v) is 3.26. The number of aromatic nitrogens is 1. The van der Waals surface area contributed by atoms with Crippen LogP contribution in [0.5, 0.6) is 11.5 Å². The zero-order chi connectivity index (χ0) is 19.7. The molecule has 0 spiro atoms. The maximum atomic E-state index is 13.0. The van der Waals surface area contributed by atoms with Crippen LogP contribution in [0.1, 0.15) is 18.5 Å². The zero-order valence-corrected chi connectivity index (χ0v) is 16.2. The van der Waals surface area contributed by atoms with E-state index in [0.29, 0.717) is 46.5 Å². The maximum absolute atomic E-state index is 13.0. The van der Waals surface area contributed by atoms with E-state index < -0.39 is 5.41 Å². The van der Waals surface area contributed by atoms with E-state index >= 15 is 0 Å². The van der Waals surface area contributed by atoms with Gasteiger partial charge in [0.2, 0.25) is 5.91 Å². The van der Waals surface area contributed by atoms with Gasteiger partial charge in [-0.3, -0.25) is 4.79 Å². The molecular weight excluding hydrogens is 380 g/mol. The number of halogens is 1. The number of anilines is 1. The van der Waals surface area contributed by atoms with E-state index in [1.807, 2.05) is 18.2 Å². The van der Waals surface area contributed by atoms with Gasteiger partial charge >= 0.3 is 0 Å². The van der Waals surface area contributed by atoms with Gasteiger partial charge in [0.15, 0.2) is 5.76 Å². The largest absolute Gasteiger partial charge is 0.497 e. The highest BCUT2D eigenvalue weighted by Gasteiger charge is 2.54. The van der Waals surface area contributed by atoms with E-state index in [-0.39, 0.29) is 5.91 Å². The van der Waals surface area contributed by atoms with Gasteiger partial charge in [-0.15, -0.1) is 0 Å². The minimum absolute atomic E-state index is 0.144. The van der Waals surface area contributed by atoms with Gasteiger partial charge in [0.1, 0.15) is 11.5 Å². The van der Waals surface area contributed by atoms with Gasteiger partial charge in [0, 0.05) is 22.7 Å². The molecule has 1 heterocycles. The first-order chi connectivity index (χ1) is 13.6. The molecule has 1 aliphatic carbocycles. The second-order valence-electron chi connectivity index (χ2n) is 6.69. The molecule has 2 aromatic carbocycles. The summed E-state index contributed by atoms with van der Waals surface area (Å²) in [5.74, 6) is 1.65. The van der Waals surface area contributed by atoms with Crippen LogP contribution in [-0.2, 0) is 10.2 Å². The molecule has 0 saturated heterocycles. The van der Waals surface area contributed by atoms with E-state index in [2.05, 4.69) is 10.5 Å². The Hall–Kier alpha value is -2.99. The lowest BCUT2D eigenvalue weighted by Crippen LogP contribution is -2.28. The van der Waals surface area contributed by atoms with Crippen LogP contribution in [0.25, 0.3) is 11.3 Å². The number of carbonyl (C=O) groups is 1. The molecule has 1 N–H and O–H groups in total. The van der Waals surface area contributed by atoms with Gasteiger partial charge in [0.25, 0.3) is 0 Å². The van der Waals surface area contributed by atoms with Crippen molar-refractivity contribution in [1.82, 2.24) is 5.16 Å². The molecule has 0 atom stereocenters. The molecule has 0 radical (unpaired) electrons. The summed E-state index contributed by atoms with van der Waals surface area (Å²) in [5, 5.41) is 7.76. The molecule has 144 valence electrons. The average Bonchev–Trinajstić information content (AvgIpc) is 3.38. The fourth-order valence-electron chi connectivity index (χ4n) is 3.13. The highest BCUT2D eigenvalue weighted by molar-refractivity contribution is 6.30. The van der Waals surface area contributed by atoms with E-state index in [4.69, 9.17) is 25.6 Å². The lowest BCUT2D eigenvalue weighted by atomic mass is 10.00. The molecule has 1 aromatic heterocycles. The van der Waals surface area contributed by atoms with Gasteiger partial charge in [-0.05, 0) is 49.2 Å². The number of nitrogens with zero attached hydrogens (tertiary/aromatic N) is 1. The lowest BCUT2D eigenvalue weighted by molar-refractivity contribution is -0.118. The van der Waals surface area contributed by atoms with Crippen LogP contribution in [0.15, 0.2) is 53.1 Å². The molecule has 0 aliphatic heterocycles. The number of amides is 1. The minimum atomic E-state index is -0.692. The topological polar surface area (TPSA) is 73.6 Å². The van der Waals surface area contributed by atoms with Crippen LogP contribution < -0.4 is 14.8 Å². The first-order valence-corrected chi connectivity index (χ1v) is 9.20. The lowest BCUT2D eigenvalue weighted by Gasteiger charge is -2.15. The molecule has 1 fully saturated rings. The number of rotatable bonds is 6. The number of methoxy groups -OCH3 is 2. The quantitative estimate of drug-likeness (QED) is 0.652. The SMILES string of the molecule is COc1ccc(OC)c(NC(=O)C2(c3cc(-c4ccc(Cl)cc4)on3)CC2)c1. The highest BCUT2D eigenvalue weighted by Crippen LogP contribution is 2.49. The molecule has 3 aromatic rings. The summed E-state index contributed by atoms with van der Waals surface area (Å²) >= 11 is 5.93. The van der Waals surface area contributed by atoms with Crippen LogP contribution >= 0.6 is 11.6 Å². The second kappa shape index (κ2) is 7.20. The number of carbonyl (C=O) groups excluding carboxylic acids is 1. The van der Waals surface area contributed by atoms with Crippen molar-refractivity contribution in [2.45, 2.75) is 18.3 Å². The minimum Gasteiger partial charge on any atom is -0.497 e. The number of benzene rings is 2. The third-order valence-electron chi connectivity index (χ3n) is 4.97. The van der Waals surface area contributed by atoms with E-state index in [0.717, 1.165) is 5.56 Å². The van der Waals surface area contributed by atoms with E-state index in [1.165, 1.54) is 0 Å². The summed E-state index contributed by atoms with van der Waals surface area (Å²) in [7, 11) is 3.13. The van der Waals surface area contributed by atoms with Crippen LogP contribution in [0, 0.1) is 0 Å². The van der Waals surface area contributed by atoms with Crippen LogP contribution in [-0.4, -0.2) is 25.3 Å². The van der Waals surface area contributed by atoms with Crippen molar-refractivity contribution in [2.24, 2.45) is 0 Å². The summed E-state index contributed by atoms with van der Waals surface area (Å²) in [6, 6.07) is 14.4. The number of ether oxygens (including phenoxy) is 2. The van der Waals surface area contributed by atoms with Crippen LogP contribution in [0.2, 0.25) is 5.02 Å². The van der Waals surface area contributed by atoms with Gasteiger partial charge in [-0.25, -0.2) is 0 Å². The summed E-state index contributed by atoms with van der Waals surface area (Å²) in [6.45, 7) is 0. The Morgan fingerprint density at radius 1 is 1.11 bits per heavy atom. The molecule has 4 rings (SSSR count). The van der Waals surface area contributed by atoms with Crippen LogP contribution in [0.3, 0.4) is 0 Å². The van der Waals surface area contributed by atoms with Crippen molar-refractivity contribution in [3.05, 3.63) is 59.2 Å². The van der Waals surface area contributed by atoms with Crippen molar-refractivity contribution >= 4 is 23.2 Å². The molecule has 1 amide bonds. The molecule has 6 nitrogen and oxygen atoms in total. The Kier molecular flexibility index (Phi) is 4.73. The summed E-state index contributed by atoms with van der Waals surface area (Å²) in [4.78, 5) is 13.0. The second-order valence-corrected chi connectivity index (χ2v) is 7.12. The molecule has 0 bridgehead atoms. The maximum Gasteiger partial charge on any atom is 0.236 e. The van der Waals surface area contributed by atoms with Crippen molar-refractivity contribution in [3.8, 4) is 22.8 Å². The van der Waals surface area contributed by atoms with Gasteiger partial charge in [-0.2, -0.15) is 0 Å². The monoisotopic (exact) mass is 398 g/mol. The van der Waals surface area contributed by atoms with E-state index in [1.54, 1.807) is 44.6 Å². The Balaban J connectivity index is 1.58. The average molecular weight is 399 g/mol. The predicted octanol–water partition coefficient (Wildman–Crippen LogP) is 4.68. The van der Waals surface area contributed by atoms with Crippen molar-refractivity contribution in [2.75, 3.05) is 19.5 Å². The van der Waals surface area contributed by atoms with Crippen molar-refractivity contribution in [1.29, 1.82) is 0 Å². The van der Waals surface area contributed by atoms with E-state index in [9.17, 15) is 4.79 Å². The first kappa shape index (κ1) is 18.4. The Bertz CT molecular complexity index is 1010. The Morgan fingerprint density at radius 3 is 2.50 bits per heavy atom. The molecule has 1 aliphatic rings. The standard InChI is InChI=1S/C21H19ClN2O4/c1-26-15-7-8-17(27-2)16(11-15)23-20(25)21(9-10-21)19-12-18(28-24-19)13-3-5-14(22)6-4-13/h3-8,11-12H,9-10H2,1-2H3,(H,23,25). The zero-order valence-electron chi connectivity index (χ0n) is 15.5. The third kappa shape index (κ3) is 3.31. The van der Waals surface area contributed by atoms with Crippen molar-refractivity contribution in [3.63, 3.8) is 0 Å². The fraction of sp³-hybridized carbons (Fsp3) is 0.238. The summed E-state index contributed by atoms with van der Waals surface area (Å²) in [6.07, 6.45) is 1.41. The third-order valence-corrected chi connectivity index (χ3v) is 5.22. The molecular formula is C21H19ClN2O4. The Morgan fingerprint density at radius 2 is 1.86 bits per heavy atom. The van der Waals surface area contributed by atoms with Crippen molar-refractivity contribution < 1.29 is 18.8 Å². The predicted molar refractivity (Wildman–Crippen MR) is 106 cm³/mol. The molecule has 1 saturated carbocycles. The van der Waals surface area contributed by atoms with Gasteiger partial charge < -0.3 is 19.3 Å².